The van der Waals surface area contributed by atoms with E-state index in [1.807, 2.05) is 52.9 Å². The summed E-state index contributed by atoms with van der Waals surface area (Å²) in [6, 6.07) is 6.92. The quantitative estimate of drug-likeness (QED) is 0.791. The van der Waals surface area contributed by atoms with Crippen LogP contribution < -0.4 is 0 Å². The van der Waals surface area contributed by atoms with Gasteiger partial charge in [0.2, 0.25) is 8.32 Å². The highest BCUT2D eigenvalue weighted by Crippen LogP contribution is 2.38. The monoisotopic (exact) mass is 300 g/mol. The lowest BCUT2D eigenvalue weighted by atomic mass is 10.2. The topological polar surface area (TPSA) is 43.4 Å². The van der Waals surface area contributed by atoms with Gasteiger partial charge in [0.25, 0.3) is 10.1 Å². The maximum absolute atomic E-state index is 12.3. The van der Waals surface area contributed by atoms with E-state index in [9.17, 15) is 8.42 Å². The van der Waals surface area contributed by atoms with Crippen LogP contribution in [0.3, 0.4) is 0 Å². The molecular weight excluding hydrogens is 276 g/mol. The number of benzene rings is 1. The van der Waals surface area contributed by atoms with Crippen LogP contribution in [0.2, 0.25) is 18.1 Å². The summed E-state index contributed by atoms with van der Waals surface area (Å²) < 4.78 is 30.2. The van der Waals surface area contributed by atoms with Crippen LogP contribution in [0.1, 0.15) is 33.3 Å². The van der Waals surface area contributed by atoms with Gasteiger partial charge in [0, 0.05) is 0 Å². The van der Waals surface area contributed by atoms with Crippen molar-refractivity contribution in [1.82, 2.24) is 0 Å². The van der Waals surface area contributed by atoms with Crippen molar-refractivity contribution < 1.29 is 12.3 Å². The minimum atomic E-state index is -3.66. The van der Waals surface area contributed by atoms with Gasteiger partial charge in [-0.15, -0.1) is 0 Å². The molecule has 0 fully saturated rings. The zero-order chi connectivity index (χ0) is 14.9. The fourth-order valence-corrected chi connectivity index (χ4v) is 5.39. The molecule has 5 heteroatoms. The van der Waals surface area contributed by atoms with Crippen LogP contribution in [0.25, 0.3) is 0 Å². The van der Waals surface area contributed by atoms with Crippen molar-refractivity contribution in [3.63, 3.8) is 0 Å². The van der Waals surface area contributed by atoms with E-state index < -0.39 is 18.4 Å². The molecule has 0 aromatic heterocycles. The first-order chi connectivity index (χ1) is 8.49. The van der Waals surface area contributed by atoms with Crippen molar-refractivity contribution in [2.24, 2.45) is 0 Å². The van der Waals surface area contributed by atoms with Gasteiger partial charge in [0.1, 0.15) is 0 Å². The lowest BCUT2D eigenvalue weighted by molar-refractivity contribution is 0.456. The average Bonchev–Trinajstić information content (AvgIpc) is 2.26. The average molecular weight is 300 g/mol. The SMILES string of the molecule is CCc1ccc(S(=O)(=O)O[Si](C)(C)C(C)(C)C)cc1. The molecule has 0 aliphatic carbocycles. The van der Waals surface area contributed by atoms with Crippen LogP contribution in [-0.2, 0) is 20.4 Å². The van der Waals surface area contributed by atoms with Gasteiger partial charge in [-0.25, -0.2) is 0 Å². The molecule has 0 saturated carbocycles. The Morgan fingerprint density at radius 2 is 1.58 bits per heavy atom. The summed E-state index contributed by atoms with van der Waals surface area (Å²) in [6.45, 7) is 12.0. The summed E-state index contributed by atoms with van der Waals surface area (Å²) >= 11 is 0. The fraction of sp³-hybridized carbons (Fsp3) is 0.571. The molecule has 0 heterocycles. The standard InChI is InChI=1S/C14H24O3SSi/c1-7-12-8-10-13(11-9-12)18(15,16)17-19(5,6)14(2,3)4/h8-11H,7H2,1-6H3. The lowest BCUT2D eigenvalue weighted by Crippen LogP contribution is -2.42. The minimum Gasteiger partial charge on any atom is -0.311 e. The van der Waals surface area contributed by atoms with Crippen LogP contribution >= 0.6 is 0 Å². The second kappa shape index (κ2) is 5.38. The summed E-state index contributed by atoms with van der Waals surface area (Å²) in [6.07, 6.45) is 0.892. The van der Waals surface area contributed by atoms with E-state index in [-0.39, 0.29) is 9.93 Å². The van der Waals surface area contributed by atoms with Gasteiger partial charge in [-0.05, 0) is 42.2 Å². The predicted molar refractivity (Wildman–Crippen MR) is 81.3 cm³/mol. The highest BCUT2D eigenvalue weighted by atomic mass is 32.2. The highest BCUT2D eigenvalue weighted by molar-refractivity contribution is 7.87. The van der Waals surface area contributed by atoms with E-state index in [4.69, 9.17) is 3.87 Å². The third-order valence-corrected chi connectivity index (χ3v) is 10.8. The van der Waals surface area contributed by atoms with Crippen LogP contribution in [-0.4, -0.2) is 16.7 Å². The van der Waals surface area contributed by atoms with E-state index >= 15 is 0 Å². The summed E-state index contributed by atoms with van der Waals surface area (Å²) in [4.78, 5) is 0.245. The second-order valence-electron chi connectivity index (χ2n) is 6.30. The highest BCUT2D eigenvalue weighted by Gasteiger charge is 2.41. The van der Waals surface area contributed by atoms with E-state index in [0.29, 0.717) is 0 Å². The Hall–Kier alpha value is -0.653. The Bertz CT molecular complexity index is 525. The third kappa shape index (κ3) is 3.90. The zero-order valence-electron chi connectivity index (χ0n) is 12.6. The van der Waals surface area contributed by atoms with Gasteiger partial charge in [0.15, 0.2) is 0 Å². The first-order valence-electron chi connectivity index (χ1n) is 6.54. The molecule has 0 aliphatic heterocycles. The van der Waals surface area contributed by atoms with Crippen molar-refractivity contribution in [1.29, 1.82) is 0 Å². The molecule has 1 rings (SSSR count). The Morgan fingerprint density at radius 3 is 1.95 bits per heavy atom. The van der Waals surface area contributed by atoms with Crippen molar-refractivity contribution in [3.8, 4) is 0 Å². The maximum atomic E-state index is 12.3. The van der Waals surface area contributed by atoms with Gasteiger partial charge in [-0.3, -0.25) is 0 Å². The molecular formula is C14H24O3SSi. The second-order valence-corrected chi connectivity index (χ2v) is 12.9. The van der Waals surface area contributed by atoms with Crippen LogP contribution in [0.5, 0.6) is 0 Å². The Labute approximate surface area is 118 Å². The molecule has 19 heavy (non-hydrogen) atoms. The van der Waals surface area contributed by atoms with E-state index in [1.165, 1.54) is 0 Å². The largest absolute Gasteiger partial charge is 0.311 e. The Morgan fingerprint density at radius 1 is 1.11 bits per heavy atom. The molecule has 0 spiro atoms. The molecule has 1 aromatic carbocycles. The van der Waals surface area contributed by atoms with Gasteiger partial charge >= 0.3 is 0 Å². The first-order valence-corrected chi connectivity index (χ1v) is 10.9. The lowest BCUT2D eigenvalue weighted by Gasteiger charge is -2.35. The van der Waals surface area contributed by atoms with Gasteiger partial charge < -0.3 is 3.87 Å². The maximum Gasteiger partial charge on any atom is 0.287 e. The molecule has 0 aliphatic rings. The van der Waals surface area contributed by atoms with Crippen molar-refractivity contribution in [2.75, 3.05) is 0 Å². The predicted octanol–water partition coefficient (Wildman–Crippen LogP) is 3.96. The van der Waals surface area contributed by atoms with E-state index in [1.54, 1.807) is 12.1 Å². The number of rotatable bonds is 4. The zero-order valence-corrected chi connectivity index (χ0v) is 14.5. The normalized spacial score (nSPS) is 13.6. The molecule has 0 radical (unpaired) electrons. The number of hydrogen-bond donors (Lipinski definition) is 0. The molecule has 3 nitrogen and oxygen atoms in total. The van der Waals surface area contributed by atoms with Crippen molar-refractivity contribution in [3.05, 3.63) is 29.8 Å². The van der Waals surface area contributed by atoms with Crippen LogP contribution in [0, 0.1) is 0 Å². The smallest absolute Gasteiger partial charge is 0.287 e. The summed E-state index contributed by atoms with van der Waals surface area (Å²) in [5, 5.41) is -0.135. The minimum absolute atomic E-state index is 0.135. The van der Waals surface area contributed by atoms with Crippen molar-refractivity contribution >= 4 is 18.4 Å². The van der Waals surface area contributed by atoms with E-state index in [2.05, 4.69) is 0 Å². The molecule has 0 saturated heterocycles. The van der Waals surface area contributed by atoms with Gasteiger partial charge in [0.05, 0.1) is 4.90 Å². The van der Waals surface area contributed by atoms with E-state index in [0.717, 1.165) is 12.0 Å². The van der Waals surface area contributed by atoms with Gasteiger partial charge in [-0.1, -0.05) is 39.8 Å². The number of aryl methyl sites for hydroxylation is 1. The van der Waals surface area contributed by atoms with Crippen LogP contribution in [0.4, 0.5) is 0 Å². The van der Waals surface area contributed by atoms with Crippen LogP contribution in [0.15, 0.2) is 29.2 Å². The number of hydrogen-bond acceptors (Lipinski definition) is 3. The summed E-state index contributed by atoms with van der Waals surface area (Å²) in [5.74, 6) is 0. The first kappa shape index (κ1) is 16.4. The summed E-state index contributed by atoms with van der Waals surface area (Å²) in [5.41, 5.74) is 1.12. The molecule has 0 bridgehead atoms. The third-order valence-electron chi connectivity index (χ3n) is 3.74. The molecule has 108 valence electrons. The Kier molecular flexibility index (Phi) is 4.65. The molecule has 1 aromatic rings. The summed E-state index contributed by atoms with van der Waals surface area (Å²) in [7, 11) is -6.00. The molecule has 0 unspecified atom stereocenters. The molecule has 0 N–H and O–H groups in total. The molecule has 0 atom stereocenters. The van der Waals surface area contributed by atoms with Crippen molar-refractivity contribution in [2.45, 2.75) is 57.1 Å². The molecule has 0 amide bonds. The Balaban J connectivity index is 3.05. The van der Waals surface area contributed by atoms with Gasteiger partial charge in [-0.2, -0.15) is 8.42 Å². The fourth-order valence-electron chi connectivity index (χ4n) is 1.34.